The minimum atomic E-state index is -0.0498. The predicted molar refractivity (Wildman–Crippen MR) is 133 cm³/mol. The number of para-hydroxylation sites is 1. The lowest BCUT2D eigenvalue weighted by atomic mass is 9.74. The van der Waals surface area contributed by atoms with E-state index in [9.17, 15) is 4.79 Å². The molecule has 0 bridgehead atoms. The van der Waals surface area contributed by atoms with Crippen LogP contribution in [0.1, 0.15) is 49.8 Å². The molecule has 1 amide bonds. The molecule has 0 aliphatic carbocycles. The summed E-state index contributed by atoms with van der Waals surface area (Å²) in [5, 5.41) is 4.36. The number of aromatic nitrogens is 1. The third kappa shape index (κ3) is 5.11. The third-order valence-electron chi connectivity index (χ3n) is 6.16. The highest BCUT2D eigenvalue weighted by atomic mass is 16.1. The van der Waals surface area contributed by atoms with E-state index in [0.29, 0.717) is 13.0 Å². The molecule has 164 valence electrons. The molecule has 1 aromatic heterocycles. The average Bonchev–Trinajstić information content (AvgIpc) is 3.15. The highest BCUT2D eigenvalue weighted by molar-refractivity contribution is 5.86. The van der Waals surface area contributed by atoms with Crippen LogP contribution in [0.5, 0.6) is 0 Å². The highest BCUT2D eigenvalue weighted by Gasteiger charge is 2.31. The number of rotatable bonds is 7. The van der Waals surface area contributed by atoms with Gasteiger partial charge in [-0.2, -0.15) is 0 Å². The Kier molecular flexibility index (Phi) is 6.45. The summed E-state index contributed by atoms with van der Waals surface area (Å²) in [6.45, 7) is 8.06. The molecular formula is C29H32N2O. The molecule has 32 heavy (non-hydrogen) atoms. The Morgan fingerprint density at radius 3 is 2.09 bits per heavy atom. The van der Waals surface area contributed by atoms with E-state index in [2.05, 4.69) is 85.4 Å². The van der Waals surface area contributed by atoms with Crippen LogP contribution in [0.15, 0.2) is 91.1 Å². The van der Waals surface area contributed by atoms with Crippen molar-refractivity contribution in [3.8, 4) is 0 Å². The van der Waals surface area contributed by atoms with E-state index in [1.54, 1.807) is 0 Å². The van der Waals surface area contributed by atoms with Crippen molar-refractivity contribution in [1.82, 2.24) is 9.88 Å². The first-order valence-corrected chi connectivity index (χ1v) is 11.3. The maximum absolute atomic E-state index is 13.0. The summed E-state index contributed by atoms with van der Waals surface area (Å²) in [5.74, 6) is 0.203. The summed E-state index contributed by atoms with van der Waals surface area (Å²) >= 11 is 0. The Hall–Kier alpha value is -3.33. The van der Waals surface area contributed by atoms with E-state index in [4.69, 9.17) is 0 Å². The second kappa shape index (κ2) is 9.44. The number of nitrogens with zero attached hydrogens (tertiary/aromatic N) is 1. The summed E-state index contributed by atoms with van der Waals surface area (Å²) in [5.41, 5.74) is 4.80. The van der Waals surface area contributed by atoms with Crippen LogP contribution in [-0.2, 0) is 17.9 Å². The Labute approximate surface area is 191 Å². The van der Waals surface area contributed by atoms with Gasteiger partial charge < -0.3 is 9.88 Å². The molecule has 1 N–H and O–H groups in total. The molecule has 4 aromatic rings. The Bertz CT molecular complexity index is 1170. The zero-order valence-electron chi connectivity index (χ0n) is 19.2. The van der Waals surface area contributed by atoms with Crippen LogP contribution in [0, 0.1) is 5.41 Å². The van der Waals surface area contributed by atoms with Crippen LogP contribution in [0.2, 0.25) is 0 Å². The minimum absolute atomic E-state index is 0.0498. The van der Waals surface area contributed by atoms with Gasteiger partial charge in [0.1, 0.15) is 0 Å². The molecule has 1 atom stereocenters. The summed E-state index contributed by atoms with van der Waals surface area (Å²) in [7, 11) is 0. The molecule has 1 unspecified atom stereocenters. The first-order valence-electron chi connectivity index (χ1n) is 11.3. The molecule has 0 saturated heterocycles. The standard InChI is InChI=1S/C29H32N2O/c1-29(2,3)26(18-28(32)30-19-22-12-6-4-7-13-22)25-21-31(20-23-14-8-5-9-15-23)27-17-11-10-16-24(25)27/h4-17,21,26H,18-20H2,1-3H3,(H,30,32). The molecule has 4 rings (SSSR count). The summed E-state index contributed by atoms with van der Waals surface area (Å²) in [4.78, 5) is 13.0. The largest absolute Gasteiger partial charge is 0.352 e. The summed E-state index contributed by atoms with van der Waals surface area (Å²) in [6.07, 6.45) is 2.73. The van der Waals surface area contributed by atoms with Gasteiger partial charge in [0.05, 0.1) is 0 Å². The van der Waals surface area contributed by atoms with E-state index < -0.39 is 0 Å². The topological polar surface area (TPSA) is 34.0 Å². The van der Waals surface area contributed by atoms with Crippen LogP contribution in [0.4, 0.5) is 0 Å². The second-order valence-electron chi connectivity index (χ2n) is 9.60. The van der Waals surface area contributed by atoms with Crippen LogP contribution < -0.4 is 5.32 Å². The van der Waals surface area contributed by atoms with E-state index in [1.807, 2.05) is 36.4 Å². The van der Waals surface area contributed by atoms with Crippen molar-refractivity contribution in [3.63, 3.8) is 0 Å². The maximum atomic E-state index is 13.0. The molecule has 0 aliphatic rings. The van der Waals surface area contributed by atoms with Crippen molar-refractivity contribution in [2.45, 2.75) is 46.2 Å². The summed E-state index contributed by atoms with van der Waals surface area (Å²) in [6, 6.07) is 29.1. The quantitative estimate of drug-likeness (QED) is 0.360. The van der Waals surface area contributed by atoms with Gasteiger partial charge in [-0.15, -0.1) is 0 Å². The van der Waals surface area contributed by atoms with Crippen molar-refractivity contribution in [2.24, 2.45) is 5.41 Å². The number of hydrogen-bond acceptors (Lipinski definition) is 1. The predicted octanol–water partition coefficient (Wildman–Crippen LogP) is 6.53. The first-order chi connectivity index (χ1) is 15.4. The van der Waals surface area contributed by atoms with Crippen LogP contribution >= 0.6 is 0 Å². The molecule has 1 heterocycles. The number of hydrogen-bond donors (Lipinski definition) is 1. The monoisotopic (exact) mass is 424 g/mol. The molecular weight excluding hydrogens is 392 g/mol. The molecule has 0 fully saturated rings. The maximum Gasteiger partial charge on any atom is 0.220 e. The van der Waals surface area contributed by atoms with Gasteiger partial charge in [-0.1, -0.05) is 99.6 Å². The molecule has 0 aliphatic heterocycles. The van der Waals surface area contributed by atoms with Crippen molar-refractivity contribution in [2.75, 3.05) is 0 Å². The minimum Gasteiger partial charge on any atom is -0.352 e. The number of fused-ring (bicyclic) bond motifs is 1. The number of benzene rings is 3. The smallest absolute Gasteiger partial charge is 0.220 e. The van der Waals surface area contributed by atoms with Crippen molar-refractivity contribution in [1.29, 1.82) is 0 Å². The Morgan fingerprint density at radius 2 is 1.44 bits per heavy atom. The van der Waals surface area contributed by atoms with Crippen LogP contribution in [0.3, 0.4) is 0 Å². The van der Waals surface area contributed by atoms with Gasteiger partial charge in [-0.3, -0.25) is 4.79 Å². The zero-order chi connectivity index (χ0) is 22.6. The van der Waals surface area contributed by atoms with Gasteiger partial charge in [0.25, 0.3) is 0 Å². The lowest BCUT2D eigenvalue weighted by Gasteiger charge is -2.30. The van der Waals surface area contributed by atoms with Crippen molar-refractivity contribution < 1.29 is 4.79 Å². The Morgan fingerprint density at radius 1 is 0.844 bits per heavy atom. The van der Waals surface area contributed by atoms with Gasteiger partial charge in [-0.05, 0) is 34.1 Å². The number of carbonyl (C=O) groups is 1. The van der Waals surface area contributed by atoms with Crippen molar-refractivity contribution in [3.05, 3.63) is 108 Å². The molecule has 3 nitrogen and oxygen atoms in total. The zero-order valence-corrected chi connectivity index (χ0v) is 19.2. The average molecular weight is 425 g/mol. The molecule has 0 saturated carbocycles. The van der Waals surface area contributed by atoms with Gasteiger partial charge in [0.2, 0.25) is 5.91 Å². The lowest BCUT2D eigenvalue weighted by Crippen LogP contribution is -2.29. The van der Waals surface area contributed by atoms with Crippen LogP contribution in [-0.4, -0.2) is 10.5 Å². The number of nitrogens with one attached hydrogen (secondary N) is 1. The van der Waals surface area contributed by atoms with Gasteiger partial charge in [0.15, 0.2) is 0 Å². The SMILES string of the molecule is CC(C)(C)C(CC(=O)NCc1ccccc1)c1cn(Cc2ccccc2)c2ccccc12. The molecule has 0 spiro atoms. The molecule has 3 aromatic carbocycles. The fourth-order valence-electron chi connectivity index (χ4n) is 4.40. The fraction of sp³-hybridized carbons (Fsp3) is 0.276. The first kappa shape index (κ1) is 21.9. The van der Waals surface area contributed by atoms with E-state index >= 15 is 0 Å². The normalized spacial score (nSPS) is 12.6. The van der Waals surface area contributed by atoms with E-state index in [-0.39, 0.29) is 17.2 Å². The van der Waals surface area contributed by atoms with Gasteiger partial charge >= 0.3 is 0 Å². The highest BCUT2D eigenvalue weighted by Crippen LogP contribution is 2.41. The van der Waals surface area contributed by atoms with Crippen LogP contribution in [0.25, 0.3) is 10.9 Å². The van der Waals surface area contributed by atoms with E-state index in [1.165, 1.54) is 22.0 Å². The number of carbonyl (C=O) groups excluding carboxylic acids is 1. The Balaban J connectivity index is 1.62. The van der Waals surface area contributed by atoms with Gasteiger partial charge in [-0.25, -0.2) is 0 Å². The van der Waals surface area contributed by atoms with Crippen molar-refractivity contribution >= 4 is 16.8 Å². The second-order valence-corrected chi connectivity index (χ2v) is 9.60. The fourth-order valence-corrected chi connectivity index (χ4v) is 4.40. The number of amides is 1. The molecule has 3 heteroatoms. The molecule has 0 radical (unpaired) electrons. The third-order valence-corrected chi connectivity index (χ3v) is 6.16. The van der Waals surface area contributed by atoms with E-state index in [0.717, 1.165) is 12.1 Å². The summed E-state index contributed by atoms with van der Waals surface area (Å²) < 4.78 is 2.32. The lowest BCUT2D eigenvalue weighted by molar-refractivity contribution is -0.122. The van der Waals surface area contributed by atoms with Gasteiger partial charge in [0, 0.05) is 36.6 Å².